The number of ether oxygens (including phenoxy) is 1. The maximum Gasteiger partial charge on any atom is 0.244 e. The Morgan fingerprint density at radius 2 is 1.47 bits per heavy atom. The summed E-state index contributed by atoms with van der Waals surface area (Å²) in [5, 5.41) is 3.70. The zero-order valence-corrected chi connectivity index (χ0v) is 28.9. The molecule has 1 atom stereocenters. The minimum Gasteiger partial charge on any atom is -0.489 e. The second kappa shape index (κ2) is 16.7. The van der Waals surface area contributed by atoms with E-state index in [-0.39, 0.29) is 30.5 Å². The normalized spacial score (nSPS) is 12.0. The summed E-state index contributed by atoms with van der Waals surface area (Å²) in [5.41, 5.74) is 2.66. The Kier molecular flexibility index (Phi) is 12.7. The van der Waals surface area contributed by atoms with Crippen molar-refractivity contribution in [1.29, 1.82) is 0 Å². The number of benzene rings is 4. The van der Waals surface area contributed by atoms with Gasteiger partial charge in [0.15, 0.2) is 0 Å². The number of carbonyl (C=O) groups is 2. The Bertz CT molecular complexity index is 1740. The first-order chi connectivity index (χ1) is 22.4. The number of anilines is 1. The Morgan fingerprint density at radius 3 is 2.04 bits per heavy atom. The highest BCUT2D eigenvalue weighted by molar-refractivity contribution is 7.92. The Morgan fingerprint density at radius 1 is 0.851 bits per heavy atom. The number of sulfonamides is 1. The zero-order valence-electron chi connectivity index (χ0n) is 26.6. The Hall–Kier alpha value is -4.05. The van der Waals surface area contributed by atoms with Gasteiger partial charge in [0.25, 0.3) is 0 Å². The van der Waals surface area contributed by atoms with Crippen molar-refractivity contribution in [1.82, 2.24) is 10.2 Å². The van der Waals surface area contributed by atoms with Crippen molar-refractivity contribution in [3.63, 3.8) is 0 Å². The van der Waals surface area contributed by atoms with E-state index in [2.05, 4.69) is 5.32 Å². The molecule has 248 valence electrons. The lowest BCUT2D eigenvalue weighted by molar-refractivity contribution is -0.140. The lowest BCUT2D eigenvalue weighted by atomic mass is 10.0. The molecule has 4 rings (SSSR count). The topological polar surface area (TPSA) is 96.0 Å². The summed E-state index contributed by atoms with van der Waals surface area (Å²) in [6.45, 7) is 4.11. The highest BCUT2D eigenvalue weighted by atomic mass is 35.5. The Balaban J connectivity index is 1.66. The standard InChI is InChI=1S/C36H39Cl2N3O5S/c1-26(2)22-39-36(43)34(20-27-10-6-4-7-11-27)40(23-29-14-15-30(37)21-33(29)38)35(42)24-41(47(3,44)45)31-16-18-32(19-17-31)46-25-28-12-8-5-9-13-28/h4-19,21,26,34H,20,22-25H2,1-3H3,(H,39,43)/t34-/m1/s1. The fraction of sp³-hybridized carbons (Fsp3) is 0.278. The molecule has 0 fully saturated rings. The SMILES string of the molecule is CC(C)CNC(=O)[C@@H](Cc1ccccc1)N(Cc1ccc(Cl)cc1Cl)C(=O)CN(c1ccc(OCc2ccccc2)cc1)S(C)(=O)=O. The predicted octanol–water partition coefficient (Wildman–Crippen LogP) is 6.75. The molecule has 0 radical (unpaired) electrons. The largest absolute Gasteiger partial charge is 0.489 e. The molecule has 47 heavy (non-hydrogen) atoms. The number of rotatable bonds is 15. The van der Waals surface area contributed by atoms with Crippen LogP contribution < -0.4 is 14.4 Å². The second-order valence-electron chi connectivity index (χ2n) is 11.6. The highest BCUT2D eigenvalue weighted by Crippen LogP contribution is 2.26. The van der Waals surface area contributed by atoms with E-state index in [1.54, 1.807) is 42.5 Å². The van der Waals surface area contributed by atoms with Crippen LogP contribution in [0.5, 0.6) is 5.75 Å². The van der Waals surface area contributed by atoms with Crippen LogP contribution in [0.1, 0.15) is 30.5 Å². The highest BCUT2D eigenvalue weighted by Gasteiger charge is 2.33. The number of hydrogen-bond acceptors (Lipinski definition) is 5. The third-order valence-corrected chi connectivity index (χ3v) is 9.09. The van der Waals surface area contributed by atoms with E-state index in [1.165, 1.54) is 4.90 Å². The Labute approximate surface area is 287 Å². The molecule has 8 nitrogen and oxygen atoms in total. The van der Waals surface area contributed by atoms with Gasteiger partial charge in [-0.3, -0.25) is 13.9 Å². The monoisotopic (exact) mass is 695 g/mol. The number of halogens is 2. The van der Waals surface area contributed by atoms with Crippen molar-refractivity contribution in [3.8, 4) is 5.75 Å². The molecule has 0 aliphatic heterocycles. The number of amides is 2. The molecule has 4 aromatic carbocycles. The molecule has 0 unspecified atom stereocenters. The van der Waals surface area contributed by atoms with Gasteiger partial charge >= 0.3 is 0 Å². The van der Waals surface area contributed by atoms with Crippen molar-refractivity contribution in [2.45, 2.75) is 39.5 Å². The van der Waals surface area contributed by atoms with E-state index in [4.69, 9.17) is 27.9 Å². The summed E-state index contributed by atoms with van der Waals surface area (Å²) in [5.74, 6) is -0.217. The van der Waals surface area contributed by atoms with Gasteiger partial charge in [0.2, 0.25) is 21.8 Å². The molecular formula is C36H39Cl2N3O5S. The molecule has 0 aliphatic rings. The van der Waals surface area contributed by atoms with E-state index >= 15 is 0 Å². The van der Waals surface area contributed by atoms with Crippen LogP contribution in [-0.2, 0) is 39.2 Å². The van der Waals surface area contributed by atoms with Gasteiger partial charge in [0.05, 0.1) is 11.9 Å². The molecule has 0 saturated heterocycles. The molecule has 4 aromatic rings. The summed E-state index contributed by atoms with van der Waals surface area (Å²) in [6, 6.07) is 29.4. The predicted molar refractivity (Wildman–Crippen MR) is 188 cm³/mol. The van der Waals surface area contributed by atoms with E-state index in [1.807, 2.05) is 74.5 Å². The molecule has 2 amide bonds. The van der Waals surface area contributed by atoms with Crippen LogP contribution in [0.3, 0.4) is 0 Å². The number of nitrogens with one attached hydrogen (secondary N) is 1. The molecule has 0 spiro atoms. The van der Waals surface area contributed by atoms with Crippen molar-refractivity contribution >= 4 is 50.7 Å². The summed E-state index contributed by atoms with van der Waals surface area (Å²) in [4.78, 5) is 29.5. The molecule has 0 heterocycles. The van der Waals surface area contributed by atoms with Crippen LogP contribution in [0, 0.1) is 5.92 Å². The number of hydrogen-bond donors (Lipinski definition) is 1. The van der Waals surface area contributed by atoms with Crippen molar-refractivity contribution in [2.24, 2.45) is 5.92 Å². The van der Waals surface area contributed by atoms with Gasteiger partial charge in [-0.05, 0) is 59.0 Å². The summed E-state index contributed by atoms with van der Waals surface area (Å²) in [7, 11) is -3.93. The van der Waals surface area contributed by atoms with E-state index in [9.17, 15) is 18.0 Å². The molecule has 0 aromatic heterocycles. The number of carbonyl (C=O) groups excluding carboxylic acids is 2. The quantitative estimate of drug-likeness (QED) is 0.148. The van der Waals surface area contributed by atoms with Crippen LogP contribution in [0.15, 0.2) is 103 Å². The lowest BCUT2D eigenvalue weighted by Crippen LogP contribution is -2.53. The molecule has 11 heteroatoms. The van der Waals surface area contributed by atoms with Crippen LogP contribution in [0.2, 0.25) is 10.0 Å². The summed E-state index contributed by atoms with van der Waals surface area (Å²) >= 11 is 12.7. The van der Waals surface area contributed by atoms with Gasteiger partial charge in [-0.1, -0.05) is 104 Å². The van der Waals surface area contributed by atoms with Gasteiger partial charge in [0.1, 0.15) is 24.9 Å². The summed E-state index contributed by atoms with van der Waals surface area (Å²) < 4.78 is 33.1. The van der Waals surface area contributed by atoms with Crippen LogP contribution in [-0.4, -0.2) is 50.5 Å². The lowest BCUT2D eigenvalue weighted by Gasteiger charge is -2.34. The van der Waals surface area contributed by atoms with E-state index in [0.29, 0.717) is 34.5 Å². The van der Waals surface area contributed by atoms with Crippen molar-refractivity contribution in [3.05, 3.63) is 130 Å². The minimum atomic E-state index is -3.93. The third-order valence-electron chi connectivity index (χ3n) is 7.36. The third kappa shape index (κ3) is 10.7. The smallest absolute Gasteiger partial charge is 0.244 e. The van der Waals surface area contributed by atoms with Gasteiger partial charge in [-0.2, -0.15) is 0 Å². The van der Waals surface area contributed by atoms with Crippen LogP contribution in [0.4, 0.5) is 5.69 Å². The van der Waals surface area contributed by atoms with Gasteiger partial charge in [-0.15, -0.1) is 0 Å². The first-order valence-corrected chi connectivity index (χ1v) is 17.8. The number of nitrogens with zero attached hydrogens (tertiary/aromatic N) is 2. The van der Waals surface area contributed by atoms with Gasteiger partial charge in [-0.25, -0.2) is 8.42 Å². The maximum absolute atomic E-state index is 14.3. The second-order valence-corrected chi connectivity index (χ2v) is 14.4. The molecule has 1 N–H and O–H groups in total. The average Bonchev–Trinajstić information content (AvgIpc) is 3.04. The zero-order chi connectivity index (χ0) is 34.0. The van der Waals surface area contributed by atoms with Crippen molar-refractivity contribution < 1.29 is 22.7 Å². The van der Waals surface area contributed by atoms with E-state index < -0.39 is 28.5 Å². The minimum absolute atomic E-state index is 0.0503. The van der Waals surface area contributed by atoms with Crippen LogP contribution >= 0.6 is 23.2 Å². The van der Waals surface area contributed by atoms with E-state index in [0.717, 1.165) is 21.7 Å². The van der Waals surface area contributed by atoms with Crippen LogP contribution in [0.25, 0.3) is 0 Å². The molecule has 0 saturated carbocycles. The summed E-state index contributed by atoms with van der Waals surface area (Å²) in [6.07, 6.45) is 1.24. The molecule has 0 aliphatic carbocycles. The maximum atomic E-state index is 14.3. The van der Waals surface area contributed by atoms with Crippen molar-refractivity contribution in [2.75, 3.05) is 23.7 Å². The van der Waals surface area contributed by atoms with Gasteiger partial charge in [0, 0.05) is 29.6 Å². The molecule has 0 bridgehead atoms. The molecular weight excluding hydrogens is 657 g/mol. The van der Waals surface area contributed by atoms with Gasteiger partial charge < -0.3 is 15.0 Å². The fourth-order valence-corrected chi connectivity index (χ4v) is 6.19. The first-order valence-electron chi connectivity index (χ1n) is 15.2. The first kappa shape index (κ1) is 35.8. The fourth-order valence-electron chi connectivity index (χ4n) is 4.87. The average molecular weight is 697 g/mol.